The van der Waals surface area contributed by atoms with Gasteiger partial charge in [0.05, 0.1) is 12.8 Å². The summed E-state index contributed by atoms with van der Waals surface area (Å²) < 4.78 is 152. The quantitative estimate of drug-likeness (QED) is 0.328. The van der Waals surface area contributed by atoms with E-state index in [1.54, 1.807) is 0 Å². The first-order valence-electron chi connectivity index (χ1n) is 9.12. The molecular formula is C18H26F12. The van der Waals surface area contributed by atoms with E-state index in [1.165, 1.54) is 0 Å². The van der Waals surface area contributed by atoms with Gasteiger partial charge in [-0.05, 0) is 12.8 Å². The second-order valence-electron chi connectivity index (χ2n) is 8.77. The Kier molecular flexibility index (Phi) is 9.08. The molecule has 182 valence electrons. The summed E-state index contributed by atoms with van der Waals surface area (Å²) in [7, 11) is 0. The predicted octanol–water partition coefficient (Wildman–Crippen LogP) is 8.45. The Labute approximate surface area is 167 Å². The maximum Gasteiger partial charge on any atom is 0.316 e. The summed E-state index contributed by atoms with van der Waals surface area (Å²) in [5, 5.41) is 0. The molecule has 1 rings (SSSR count). The van der Waals surface area contributed by atoms with E-state index >= 15 is 0 Å². The average molecular weight is 470 g/mol. The first kappa shape index (κ1) is 29.2. The van der Waals surface area contributed by atoms with E-state index in [0.717, 1.165) is 27.7 Å². The molecule has 30 heavy (non-hydrogen) atoms. The summed E-state index contributed by atoms with van der Waals surface area (Å²) in [4.78, 5) is 0. The molecule has 0 aromatic rings. The lowest BCUT2D eigenvalue weighted by Gasteiger charge is -2.38. The van der Waals surface area contributed by atoms with Crippen LogP contribution >= 0.6 is 0 Å². The minimum absolute atomic E-state index is 0.0428. The van der Waals surface area contributed by atoms with E-state index in [9.17, 15) is 52.7 Å². The van der Waals surface area contributed by atoms with Crippen molar-refractivity contribution < 1.29 is 52.7 Å². The zero-order valence-electron chi connectivity index (χ0n) is 16.9. The van der Waals surface area contributed by atoms with Crippen molar-refractivity contribution in [3.05, 3.63) is 0 Å². The van der Waals surface area contributed by atoms with E-state index in [0.29, 0.717) is 12.8 Å². The highest BCUT2D eigenvalue weighted by molar-refractivity contribution is 5.01. The van der Waals surface area contributed by atoms with Gasteiger partial charge in [0, 0.05) is 10.8 Å². The maximum atomic E-state index is 13.6. The van der Waals surface area contributed by atoms with Gasteiger partial charge in [-0.25, -0.2) is 17.6 Å². The molecule has 0 amide bonds. The van der Waals surface area contributed by atoms with Crippen LogP contribution < -0.4 is 0 Å². The monoisotopic (exact) mass is 470 g/mol. The third-order valence-corrected chi connectivity index (χ3v) is 5.15. The van der Waals surface area contributed by atoms with Gasteiger partial charge in [0.15, 0.2) is 0 Å². The molecule has 0 aromatic carbocycles. The Morgan fingerprint density at radius 1 is 0.667 bits per heavy atom. The Morgan fingerprint density at radius 2 is 1.00 bits per heavy atom. The molecule has 1 aliphatic carbocycles. The fraction of sp³-hybridized carbons (Fsp3) is 1.00. The molecule has 0 saturated heterocycles. The minimum atomic E-state index is -4.68. The van der Waals surface area contributed by atoms with Crippen LogP contribution in [0, 0.1) is 10.8 Å². The average Bonchev–Trinajstić information content (AvgIpc) is 2.92. The van der Waals surface area contributed by atoms with Gasteiger partial charge >= 0.3 is 23.7 Å². The first-order chi connectivity index (χ1) is 13.0. The number of rotatable bonds is 7. The van der Waals surface area contributed by atoms with Crippen LogP contribution in [0.2, 0.25) is 0 Å². The lowest BCUT2D eigenvalue weighted by atomic mass is 9.78. The smallest absolute Gasteiger partial charge is 0.210 e. The van der Waals surface area contributed by atoms with E-state index in [2.05, 4.69) is 0 Å². The lowest BCUT2D eigenvalue weighted by molar-refractivity contribution is -0.274. The number of hydrogen-bond donors (Lipinski definition) is 0. The fourth-order valence-electron chi connectivity index (χ4n) is 3.10. The second-order valence-corrected chi connectivity index (χ2v) is 8.77. The zero-order valence-corrected chi connectivity index (χ0v) is 16.9. The molecule has 0 atom stereocenters. The molecular weight excluding hydrogens is 444 g/mol. The van der Waals surface area contributed by atoms with Crippen LogP contribution in [0.5, 0.6) is 0 Å². The van der Waals surface area contributed by atoms with E-state index in [1.807, 2.05) is 0 Å². The third-order valence-electron chi connectivity index (χ3n) is 5.15. The lowest BCUT2D eigenvalue weighted by Crippen LogP contribution is -2.52. The fourth-order valence-corrected chi connectivity index (χ4v) is 3.10. The van der Waals surface area contributed by atoms with Crippen molar-refractivity contribution in [2.24, 2.45) is 10.8 Å². The van der Waals surface area contributed by atoms with Crippen LogP contribution in [0.15, 0.2) is 0 Å². The normalized spacial score (nSPS) is 18.6. The van der Waals surface area contributed by atoms with Gasteiger partial charge in [0.2, 0.25) is 12.9 Å². The molecule has 0 bridgehead atoms. The summed E-state index contributed by atoms with van der Waals surface area (Å²) in [6.45, 7) is 3.70. The summed E-state index contributed by atoms with van der Waals surface area (Å²) in [5.74, 6) is -18.1. The van der Waals surface area contributed by atoms with Gasteiger partial charge in [-0.3, -0.25) is 0 Å². The highest BCUT2D eigenvalue weighted by atomic mass is 19.3. The molecule has 0 unspecified atom stereocenters. The highest BCUT2D eigenvalue weighted by Crippen LogP contribution is 2.56. The Hall–Kier alpha value is -0.840. The highest BCUT2D eigenvalue weighted by Gasteiger charge is 2.67. The third kappa shape index (κ3) is 6.34. The van der Waals surface area contributed by atoms with Gasteiger partial charge in [0.25, 0.3) is 0 Å². The zero-order chi connectivity index (χ0) is 24.4. The van der Waals surface area contributed by atoms with Gasteiger partial charge < -0.3 is 0 Å². The van der Waals surface area contributed by atoms with Gasteiger partial charge in [-0.2, -0.15) is 35.1 Å². The minimum Gasteiger partial charge on any atom is -0.210 e. The predicted molar refractivity (Wildman–Crippen MR) is 87.1 cm³/mol. The van der Waals surface area contributed by atoms with Crippen molar-refractivity contribution in [3.63, 3.8) is 0 Å². The number of hydrogen-bond acceptors (Lipinski definition) is 0. The number of halogens is 12. The van der Waals surface area contributed by atoms with Gasteiger partial charge in [0.1, 0.15) is 0 Å². The van der Waals surface area contributed by atoms with Crippen LogP contribution in [0.1, 0.15) is 66.2 Å². The standard InChI is InChI=1S/C10H14F6.C8H12F6/c1-8(4-2-3-5-8)10(15,16)9(13,14)6-7(11)12;1-6(2,3)8(13,14)7(11,12)4-5(9)10/h7H,2-6H2,1H3;5H,4H2,1-3H3. The van der Waals surface area contributed by atoms with Crippen molar-refractivity contribution in [3.8, 4) is 0 Å². The summed E-state index contributed by atoms with van der Waals surface area (Å²) in [6.07, 6.45) is -10.3. The molecule has 1 fully saturated rings. The van der Waals surface area contributed by atoms with E-state index < -0.39 is 60.2 Å². The molecule has 0 N–H and O–H groups in total. The van der Waals surface area contributed by atoms with Crippen molar-refractivity contribution in [2.45, 2.75) is 103 Å². The molecule has 0 nitrogen and oxygen atoms in total. The van der Waals surface area contributed by atoms with Crippen molar-refractivity contribution in [2.75, 3.05) is 0 Å². The number of alkyl halides is 12. The largest absolute Gasteiger partial charge is 0.316 e. The van der Waals surface area contributed by atoms with E-state index in [4.69, 9.17) is 0 Å². The second kappa shape index (κ2) is 9.34. The van der Waals surface area contributed by atoms with Crippen LogP contribution in [0.25, 0.3) is 0 Å². The van der Waals surface area contributed by atoms with Crippen LogP contribution in [-0.4, -0.2) is 36.5 Å². The van der Waals surface area contributed by atoms with Crippen molar-refractivity contribution in [1.82, 2.24) is 0 Å². The van der Waals surface area contributed by atoms with Crippen LogP contribution in [0.3, 0.4) is 0 Å². The van der Waals surface area contributed by atoms with Gasteiger partial charge in [-0.1, -0.05) is 40.5 Å². The molecule has 12 heteroatoms. The van der Waals surface area contributed by atoms with Crippen molar-refractivity contribution in [1.29, 1.82) is 0 Å². The molecule has 0 aliphatic heterocycles. The summed E-state index contributed by atoms with van der Waals surface area (Å²) >= 11 is 0. The van der Waals surface area contributed by atoms with Crippen molar-refractivity contribution >= 4 is 0 Å². The molecule has 0 radical (unpaired) electrons. The summed E-state index contributed by atoms with van der Waals surface area (Å²) in [5.41, 5.74) is -3.91. The molecule has 1 saturated carbocycles. The van der Waals surface area contributed by atoms with Crippen LogP contribution in [0.4, 0.5) is 52.7 Å². The topological polar surface area (TPSA) is 0 Å². The van der Waals surface area contributed by atoms with E-state index in [-0.39, 0.29) is 12.8 Å². The molecule has 0 aromatic heterocycles. The Bertz CT molecular complexity index is 528. The molecule has 0 heterocycles. The Balaban J connectivity index is 0.000000567. The Morgan fingerprint density at radius 3 is 1.30 bits per heavy atom. The van der Waals surface area contributed by atoms with Crippen LogP contribution in [-0.2, 0) is 0 Å². The molecule has 0 spiro atoms. The SMILES string of the molecule is CC(C)(C)C(F)(F)C(F)(F)CC(F)F.CC1(C(F)(F)C(F)(F)CC(F)F)CCCC1. The molecule has 1 aliphatic rings. The van der Waals surface area contributed by atoms with Gasteiger partial charge in [-0.15, -0.1) is 0 Å². The first-order valence-corrected chi connectivity index (χ1v) is 9.12. The maximum absolute atomic E-state index is 13.6. The summed E-state index contributed by atoms with van der Waals surface area (Å²) in [6, 6.07) is 0.